The molecule has 134 valence electrons. The number of aryl methyl sites for hydroxylation is 1. The average molecular weight is 344 g/mol. The zero-order valence-electron chi connectivity index (χ0n) is 15.3. The van der Waals surface area contributed by atoms with Gasteiger partial charge in [-0.2, -0.15) is 0 Å². The van der Waals surface area contributed by atoms with E-state index < -0.39 is 0 Å². The highest BCUT2D eigenvalue weighted by Crippen LogP contribution is 2.40. The molecule has 2 rings (SSSR count). The van der Waals surface area contributed by atoms with Crippen molar-refractivity contribution in [3.63, 3.8) is 0 Å². The number of rotatable bonds is 6. The van der Waals surface area contributed by atoms with Crippen LogP contribution in [-0.4, -0.2) is 33.9 Å². The van der Waals surface area contributed by atoms with Gasteiger partial charge in [0.15, 0.2) is 11.5 Å². The second-order valence-corrected chi connectivity index (χ2v) is 5.43. The first-order valence-corrected chi connectivity index (χ1v) is 7.99. The average Bonchev–Trinajstić information content (AvgIpc) is 2.61. The molecule has 0 atom stereocenters. The van der Waals surface area contributed by atoms with Crippen LogP contribution in [0.4, 0.5) is 16.2 Å². The third-order valence-corrected chi connectivity index (χ3v) is 3.79. The van der Waals surface area contributed by atoms with Crippen molar-refractivity contribution in [1.82, 2.24) is 0 Å². The van der Waals surface area contributed by atoms with Crippen LogP contribution in [0.2, 0.25) is 0 Å². The van der Waals surface area contributed by atoms with Gasteiger partial charge < -0.3 is 19.5 Å². The van der Waals surface area contributed by atoms with Crippen LogP contribution >= 0.6 is 0 Å². The first-order chi connectivity index (χ1) is 12.0. The number of urea groups is 1. The van der Waals surface area contributed by atoms with Crippen molar-refractivity contribution < 1.29 is 19.0 Å². The van der Waals surface area contributed by atoms with Gasteiger partial charge in [0.2, 0.25) is 5.75 Å². The Morgan fingerprint density at radius 3 is 2.16 bits per heavy atom. The van der Waals surface area contributed by atoms with Crippen LogP contribution in [0.25, 0.3) is 0 Å². The van der Waals surface area contributed by atoms with Gasteiger partial charge in [-0.25, -0.2) is 4.79 Å². The van der Waals surface area contributed by atoms with Crippen molar-refractivity contribution in [1.29, 1.82) is 0 Å². The lowest BCUT2D eigenvalue weighted by molar-refractivity contribution is 0.257. The summed E-state index contributed by atoms with van der Waals surface area (Å²) in [7, 11) is 4.61. The van der Waals surface area contributed by atoms with Crippen LogP contribution in [0.1, 0.15) is 12.5 Å². The van der Waals surface area contributed by atoms with E-state index in [0.29, 0.717) is 29.5 Å². The van der Waals surface area contributed by atoms with E-state index >= 15 is 0 Å². The molecule has 2 amide bonds. The van der Waals surface area contributed by atoms with Gasteiger partial charge in [-0.1, -0.05) is 12.1 Å². The standard InChI is InChI=1S/C19H24N2O4/c1-6-21(15-9-7-8-13(2)10-15)19(22)20-14-11-16(23-3)18(25-5)17(12-14)24-4/h7-12H,6H2,1-5H3,(H,20,22). The van der Waals surface area contributed by atoms with Crippen molar-refractivity contribution in [2.75, 3.05) is 38.1 Å². The topological polar surface area (TPSA) is 60.0 Å². The minimum atomic E-state index is -0.234. The van der Waals surface area contributed by atoms with Crippen molar-refractivity contribution in [2.24, 2.45) is 0 Å². The summed E-state index contributed by atoms with van der Waals surface area (Å²) in [5.74, 6) is 1.44. The molecule has 0 saturated carbocycles. The number of hydrogen-bond acceptors (Lipinski definition) is 4. The molecule has 0 bridgehead atoms. The molecule has 0 aliphatic carbocycles. The first kappa shape index (κ1) is 18.4. The lowest BCUT2D eigenvalue weighted by atomic mass is 10.2. The molecule has 2 aromatic carbocycles. The van der Waals surface area contributed by atoms with Crippen LogP contribution in [0.15, 0.2) is 36.4 Å². The second-order valence-electron chi connectivity index (χ2n) is 5.43. The summed E-state index contributed by atoms with van der Waals surface area (Å²) in [4.78, 5) is 14.4. The minimum absolute atomic E-state index is 0.234. The van der Waals surface area contributed by atoms with Crippen LogP contribution in [0.5, 0.6) is 17.2 Å². The van der Waals surface area contributed by atoms with Crippen LogP contribution < -0.4 is 24.4 Å². The number of nitrogens with one attached hydrogen (secondary N) is 1. The molecule has 6 heteroatoms. The number of benzene rings is 2. The normalized spacial score (nSPS) is 10.1. The summed E-state index contributed by atoms with van der Waals surface area (Å²) in [5.41, 5.74) is 2.49. The van der Waals surface area contributed by atoms with Crippen LogP contribution in [0, 0.1) is 6.92 Å². The Bertz CT molecular complexity index is 721. The lowest BCUT2D eigenvalue weighted by Crippen LogP contribution is -2.34. The van der Waals surface area contributed by atoms with E-state index in [-0.39, 0.29) is 6.03 Å². The first-order valence-electron chi connectivity index (χ1n) is 7.99. The van der Waals surface area contributed by atoms with Gasteiger partial charge in [0.1, 0.15) is 0 Å². The number of methoxy groups -OCH3 is 3. The van der Waals surface area contributed by atoms with Gasteiger partial charge in [0.05, 0.1) is 27.0 Å². The number of nitrogens with zero attached hydrogens (tertiary/aromatic N) is 1. The molecule has 0 saturated heterocycles. The number of carbonyl (C=O) groups is 1. The molecule has 25 heavy (non-hydrogen) atoms. The Hall–Kier alpha value is -2.89. The molecular weight excluding hydrogens is 320 g/mol. The van der Waals surface area contributed by atoms with E-state index in [1.54, 1.807) is 17.0 Å². The highest BCUT2D eigenvalue weighted by molar-refractivity contribution is 6.02. The van der Waals surface area contributed by atoms with Gasteiger partial charge in [-0.3, -0.25) is 4.90 Å². The quantitative estimate of drug-likeness (QED) is 0.858. The maximum Gasteiger partial charge on any atom is 0.326 e. The molecule has 0 aromatic heterocycles. The monoisotopic (exact) mass is 344 g/mol. The summed E-state index contributed by atoms with van der Waals surface area (Å²) >= 11 is 0. The largest absolute Gasteiger partial charge is 0.493 e. The molecule has 2 aromatic rings. The third-order valence-electron chi connectivity index (χ3n) is 3.79. The highest BCUT2D eigenvalue weighted by atomic mass is 16.5. The summed E-state index contributed by atoms with van der Waals surface area (Å²) in [6.07, 6.45) is 0. The number of anilines is 2. The maximum absolute atomic E-state index is 12.7. The predicted molar refractivity (Wildman–Crippen MR) is 99.3 cm³/mol. The highest BCUT2D eigenvalue weighted by Gasteiger charge is 2.18. The van der Waals surface area contributed by atoms with Crippen LogP contribution in [-0.2, 0) is 0 Å². The molecule has 0 fully saturated rings. The molecule has 6 nitrogen and oxygen atoms in total. The molecule has 1 N–H and O–H groups in total. The van der Waals surface area contributed by atoms with Gasteiger partial charge in [0.25, 0.3) is 0 Å². The van der Waals surface area contributed by atoms with Gasteiger partial charge in [-0.05, 0) is 31.5 Å². The Morgan fingerprint density at radius 1 is 1.04 bits per heavy atom. The van der Waals surface area contributed by atoms with E-state index in [1.807, 2.05) is 38.1 Å². The maximum atomic E-state index is 12.7. The SMILES string of the molecule is CCN(C(=O)Nc1cc(OC)c(OC)c(OC)c1)c1cccc(C)c1. The Labute approximate surface area is 148 Å². The van der Waals surface area contributed by atoms with Crippen molar-refractivity contribution >= 4 is 17.4 Å². The van der Waals surface area contributed by atoms with E-state index in [9.17, 15) is 4.79 Å². The lowest BCUT2D eigenvalue weighted by Gasteiger charge is -2.22. The van der Waals surface area contributed by atoms with E-state index in [1.165, 1.54) is 21.3 Å². The molecule has 0 aliphatic heterocycles. The molecule has 0 spiro atoms. The van der Waals surface area contributed by atoms with Crippen molar-refractivity contribution in [3.05, 3.63) is 42.0 Å². The number of hydrogen-bond donors (Lipinski definition) is 1. The molecule has 0 aliphatic rings. The van der Waals surface area contributed by atoms with E-state index in [2.05, 4.69) is 5.32 Å². The van der Waals surface area contributed by atoms with E-state index in [4.69, 9.17) is 14.2 Å². The second kappa shape index (κ2) is 8.28. The fourth-order valence-corrected chi connectivity index (χ4v) is 2.58. The Kier molecular flexibility index (Phi) is 6.11. The number of ether oxygens (including phenoxy) is 3. The van der Waals surface area contributed by atoms with Gasteiger partial charge >= 0.3 is 6.03 Å². The number of amides is 2. The van der Waals surface area contributed by atoms with E-state index in [0.717, 1.165) is 11.3 Å². The molecule has 0 unspecified atom stereocenters. The zero-order chi connectivity index (χ0) is 18.4. The minimum Gasteiger partial charge on any atom is -0.493 e. The van der Waals surface area contributed by atoms with Crippen molar-refractivity contribution in [3.8, 4) is 17.2 Å². The molecular formula is C19H24N2O4. The fraction of sp³-hybridized carbons (Fsp3) is 0.316. The predicted octanol–water partition coefficient (Wildman–Crippen LogP) is 4.08. The smallest absolute Gasteiger partial charge is 0.326 e. The summed E-state index contributed by atoms with van der Waals surface area (Å²) in [6.45, 7) is 4.46. The van der Waals surface area contributed by atoms with Gasteiger partial charge in [0, 0.05) is 24.4 Å². The number of carbonyl (C=O) groups excluding carboxylic acids is 1. The third kappa shape index (κ3) is 4.15. The van der Waals surface area contributed by atoms with Crippen molar-refractivity contribution in [2.45, 2.75) is 13.8 Å². The van der Waals surface area contributed by atoms with Gasteiger partial charge in [-0.15, -0.1) is 0 Å². The zero-order valence-corrected chi connectivity index (χ0v) is 15.3. The fourth-order valence-electron chi connectivity index (χ4n) is 2.58. The molecule has 0 radical (unpaired) electrons. The molecule has 0 heterocycles. The Balaban J connectivity index is 2.29. The summed E-state index contributed by atoms with van der Waals surface area (Å²) < 4.78 is 15.9. The van der Waals surface area contributed by atoms with Crippen LogP contribution in [0.3, 0.4) is 0 Å². The summed E-state index contributed by atoms with van der Waals surface area (Å²) in [5, 5.41) is 2.88. The Morgan fingerprint density at radius 2 is 1.68 bits per heavy atom. The summed E-state index contributed by atoms with van der Waals surface area (Å²) in [6, 6.07) is 11.0.